The molecule has 1 aromatic heterocycles. The van der Waals surface area contributed by atoms with Gasteiger partial charge in [0, 0.05) is 23.1 Å². The van der Waals surface area contributed by atoms with Crippen LogP contribution >= 0.6 is 0 Å². The minimum Gasteiger partial charge on any atom is -0.497 e. The smallest absolute Gasteiger partial charge is 0.150 e. The van der Waals surface area contributed by atoms with Crippen molar-refractivity contribution in [1.29, 1.82) is 0 Å². The second-order valence-electron chi connectivity index (χ2n) is 4.85. The van der Waals surface area contributed by atoms with E-state index in [0.29, 0.717) is 17.7 Å². The number of hydrogen-bond donors (Lipinski definition) is 0. The van der Waals surface area contributed by atoms with Gasteiger partial charge in [-0.25, -0.2) is 0 Å². The number of ether oxygens (including phenoxy) is 1. The standard InChI is InChI=1S/C18H15NO2/c1-21-17-9-7-14(15(11-17)12-20)10-16-8-6-13-4-2-3-5-18(13)19-16/h2-9,11-12H,10H2,1H3. The van der Waals surface area contributed by atoms with Gasteiger partial charge in [-0.2, -0.15) is 0 Å². The molecule has 0 saturated heterocycles. The van der Waals surface area contributed by atoms with Crippen molar-refractivity contribution in [3.8, 4) is 5.75 Å². The number of fused-ring (bicyclic) bond motifs is 1. The highest BCUT2D eigenvalue weighted by Crippen LogP contribution is 2.20. The average Bonchev–Trinajstić information content (AvgIpc) is 2.55. The SMILES string of the molecule is COc1ccc(Cc2ccc3ccccc3n2)c(C=O)c1. The fourth-order valence-corrected chi connectivity index (χ4v) is 2.37. The zero-order valence-corrected chi connectivity index (χ0v) is 11.7. The molecule has 0 atom stereocenters. The van der Waals surface area contributed by atoms with Crippen molar-refractivity contribution < 1.29 is 9.53 Å². The van der Waals surface area contributed by atoms with Crippen LogP contribution in [0.2, 0.25) is 0 Å². The van der Waals surface area contributed by atoms with Crippen molar-refractivity contribution in [2.45, 2.75) is 6.42 Å². The molecule has 0 fully saturated rings. The van der Waals surface area contributed by atoms with Crippen molar-refractivity contribution >= 4 is 17.2 Å². The number of aromatic nitrogens is 1. The third-order valence-electron chi connectivity index (χ3n) is 3.51. The number of benzene rings is 2. The zero-order chi connectivity index (χ0) is 14.7. The second-order valence-corrected chi connectivity index (χ2v) is 4.85. The van der Waals surface area contributed by atoms with E-state index in [-0.39, 0.29) is 0 Å². The lowest BCUT2D eigenvalue weighted by molar-refractivity contribution is 0.112. The van der Waals surface area contributed by atoms with Crippen molar-refractivity contribution in [3.63, 3.8) is 0 Å². The van der Waals surface area contributed by atoms with Gasteiger partial charge in [-0.1, -0.05) is 30.3 Å². The first-order valence-electron chi connectivity index (χ1n) is 6.77. The predicted octanol–water partition coefficient (Wildman–Crippen LogP) is 3.65. The molecule has 0 spiro atoms. The molecule has 3 rings (SSSR count). The second kappa shape index (κ2) is 5.75. The molecule has 1 heterocycles. The minimum atomic E-state index is 0.628. The molecule has 3 nitrogen and oxygen atoms in total. The Hall–Kier alpha value is -2.68. The van der Waals surface area contributed by atoms with Crippen molar-refractivity contribution in [2.24, 2.45) is 0 Å². The Morgan fingerprint density at radius 3 is 2.76 bits per heavy atom. The van der Waals surface area contributed by atoms with Crippen LogP contribution in [0, 0.1) is 0 Å². The molecular formula is C18H15NO2. The lowest BCUT2D eigenvalue weighted by atomic mass is 10.0. The lowest BCUT2D eigenvalue weighted by Gasteiger charge is -2.08. The fraction of sp³-hybridized carbons (Fsp3) is 0.111. The van der Waals surface area contributed by atoms with E-state index >= 15 is 0 Å². The zero-order valence-electron chi connectivity index (χ0n) is 11.7. The lowest BCUT2D eigenvalue weighted by Crippen LogP contribution is -1.98. The molecule has 0 aliphatic carbocycles. The number of aldehydes is 1. The van der Waals surface area contributed by atoms with Gasteiger partial charge < -0.3 is 4.74 Å². The Kier molecular flexibility index (Phi) is 3.65. The largest absolute Gasteiger partial charge is 0.497 e. The molecule has 0 amide bonds. The number of methoxy groups -OCH3 is 1. The van der Waals surface area contributed by atoms with Gasteiger partial charge >= 0.3 is 0 Å². The van der Waals surface area contributed by atoms with Gasteiger partial charge in [0.2, 0.25) is 0 Å². The molecule has 0 bridgehead atoms. The molecule has 104 valence electrons. The first-order chi connectivity index (χ1) is 10.3. The molecular weight excluding hydrogens is 262 g/mol. The highest BCUT2D eigenvalue weighted by molar-refractivity contribution is 5.79. The van der Waals surface area contributed by atoms with Crippen LogP contribution in [0.3, 0.4) is 0 Å². The minimum absolute atomic E-state index is 0.628. The number of para-hydroxylation sites is 1. The topological polar surface area (TPSA) is 39.2 Å². The Bertz CT molecular complexity index is 796. The summed E-state index contributed by atoms with van der Waals surface area (Å²) in [4.78, 5) is 15.9. The Morgan fingerprint density at radius 1 is 1.10 bits per heavy atom. The van der Waals surface area contributed by atoms with Gasteiger partial charge in [0.1, 0.15) is 12.0 Å². The van der Waals surface area contributed by atoms with Crippen LogP contribution < -0.4 is 4.74 Å². The van der Waals surface area contributed by atoms with Crippen LogP contribution in [0.25, 0.3) is 10.9 Å². The Morgan fingerprint density at radius 2 is 1.95 bits per heavy atom. The summed E-state index contributed by atoms with van der Waals surface area (Å²) in [6.45, 7) is 0. The van der Waals surface area contributed by atoms with E-state index < -0.39 is 0 Å². The molecule has 0 N–H and O–H groups in total. The maximum absolute atomic E-state index is 11.2. The van der Waals surface area contributed by atoms with Crippen LogP contribution in [0.15, 0.2) is 54.6 Å². The van der Waals surface area contributed by atoms with Crippen LogP contribution in [0.1, 0.15) is 21.6 Å². The summed E-state index contributed by atoms with van der Waals surface area (Å²) in [6.07, 6.45) is 1.49. The monoisotopic (exact) mass is 277 g/mol. The average molecular weight is 277 g/mol. The van der Waals surface area contributed by atoms with Gasteiger partial charge in [-0.3, -0.25) is 9.78 Å². The molecule has 0 radical (unpaired) electrons. The molecule has 0 unspecified atom stereocenters. The van der Waals surface area contributed by atoms with Crippen LogP contribution in [-0.4, -0.2) is 18.4 Å². The number of carbonyl (C=O) groups excluding carboxylic acids is 1. The van der Waals surface area contributed by atoms with E-state index in [1.165, 1.54) is 0 Å². The third-order valence-corrected chi connectivity index (χ3v) is 3.51. The van der Waals surface area contributed by atoms with E-state index in [0.717, 1.165) is 28.4 Å². The fourth-order valence-electron chi connectivity index (χ4n) is 2.37. The molecule has 3 heteroatoms. The summed E-state index contributed by atoms with van der Waals surface area (Å²) in [5.74, 6) is 0.687. The molecule has 3 aromatic rings. The van der Waals surface area contributed by atoms with Crippen molar-refractivity contribution in [3.05, 3.63) is 71.4 Å². The predicted molar refractivity (Wildman–Crippen MR) is 82.9 cm³/mol. The van der Waals surface area contributed by atoms with E-state index in [9.17, 15) is 4.79 Å². The first-order valence-corrected chi connectivity index (χ1v) is 6.77. The van der Waals surface area contributed by atoms with Crippen LogP contribution in [0.5, 0.6) is 5.75 Å². The summed E-state index contributed by atoms with van der Waals surface area (Å²) in [7, 11) is 1.59. The van der Waals surface area contributed by atoms with Gasteiger partial charge in [-0.15, -0.1) is 0 Å². The highest BCUT2D eigenvalue weighted by Gasteiger charge is 2.06. The van der Waals surface area contributed by atoms with Gasteiger partial charge in [0.05, 0.1) is 12.6 Å². The number of pyridine rings is 1. The molecule has 21 heavy (non-hydrogen) atoms. The quantitative estimate of drug-likeness (QED) is 0.683. The summed E-state index contributed by atoms with van der Waals surface area (Å²) in [5, 5.41) is 1.12. The number of rotatable bonds is 4. The van der Waals surface area contributed by atoms with Gasteiger partial charge in [0.25, 0.3) is 0 Å². The first kappa shape index (κ1) is 13.3. The number of hydrogen-bond acceptors (Lipinski definition) is 3. The summed E-state index contributed by atoms with van der Waals surface area (Å²) in [6, 6.07) is 17.6. The van der Waals surface area contributed by atoms with Crippen LogP contribution in [-0.2, 0) is 6.42 Å². The van der Waals surface area contributed by atoms with Gasteiger partial charge in [-0.05, 0) is 29.8 Å². The summed E-state index contributed by atoms with van der Waals surface area (Å²) < 4.78 is 5.15. The summed E-state index contributed by atoms with van der Waals surface area (Å²) >= 11 is 0. The Balaban J connectivity index is 1.96. The van der Waals surface area contributed by atoms with E-state index in [2.05, 4.69) is 11.1 Å². The molecule has 0 aliphatic rings. The Labute approximate surface area is 123 Å². The van der Waals surface area contributed by atoms with Crippen LogP contribution in [0.4, 0.5) is 0 Å². The maximum atomic E-state index is 11.2. The molecule has 0 aliphatic heterocycles. The highest BCUT2D eigenvalue weighted by atomic mass is 16.5. The van der Waals surface area contributed by atoms with Gasteiger partial charge in [0.15, 0.2) is 0 Å². The number of nitrogens with zero attached hydrogens (tertiary/aromatic N) is 1. The number of carbonyl (C=O) groups is 1. The van der Waals surface area contributed by atoms with Crippen molar-refractivity contribution in [2.75, 3.05) is 7.11 Å². The van der Waals surface area contributed by atoms with E-state index in [1.54, 1.807) is 13.2 Å². The molecule has 0 saturated carbocycles. The normalized spacial score (nSPS) is 10.5. The summed E-state index contributed by atoms with van der Waals surface area (Å²) in [5.41, 5.74) is 3.51. The van der Waals surface area contributed by atoms with E-state index in [1.807, 2.05) is 42.5 Å². The van der Waals surface area contributed by atoms with Crippen molar-refractivity contribution in [1.82, 2.24) is 4.98 Å². The molecule has 2 aromatic carbocycles. The van der Waals surface area contributed by atoms with E-state index in [4.69, 9.17) is 4.74 Å². The third kappa shape index (κ3) is 2.77. The maximum Gasteiger partial charge on any atom is 0.150 e.